The highest BCUT2D eigenvalue weighted by atomic mass is 16.5. The summed E-state index contributed by atoms with van der Waals surface area (Å²) < 4.78 is 5.63. The monoisotopic (exact) mass is 269 g/mol. The number of amides is 3. The minimum atomic E-state index is -0.427. The summed E-state index contributed by atoms with van der Waals surface area (Å²) in [5.41, 5.74) is 0. The second kappa shape index (κ2) is 6.63. The number of nitrogens with zero attached hydrogens (tertiary/aromatic N) is 1. The molecule has 2 aliphatic rings. The highest BCUT2D eigenvalue weighted by molar-refractivity contribution is 6.02. The van der Waals surface area contributed by atoms with Crippen LogP contribution in [0.25, 0.3) is 0 Å². The minimum absolute atomic E-state index is 0.0437. The lowest BCUT2D eigenvalue weighted by Gasteiger charge is -2.26. The Balaban J connectivity index is 1.68. The summed E-state index contributed by atoms with van der Waals surface area (Å²) in [5.74, 6) is -1.06. The van der Waals surface area contributed by atoms with Crippen molar-refractivity contribution in [1.82, 2.24) is 15.5 Å². The number of carbonyl (C=O) groups excluding carboxylic acids is 3. The Morgan fingerprint density at radius 2 is 1.84 bits per heavy atom. The van der Waals surface area contributed by atoms with Gasteiger partial charge in [0.15, 0.2) is 0 Å². The number of imide groups is 1. The summed E-state index contributed by atoms with van der Waals surface area (Å²) in [5, 5.41) is 5.40. The normalized spacial score (nSPS) is 21.4. The van der Waals surface area contributed by atoms with Crippen molar-refractivity contribution in [3.05, 3.63) is 0 Å². The fourth-order valence-electron chi connectivity index (χ4n) is 2.25. The van der Waals surface area contributed by atoms with Gasteiger partial charge in [0.1, 0.15) is 13.1 Å². The van der Waals surface area contributed by atoms with Crippen LogP contribution in [0.1, 0.15) is 19.3 Å². The Hall–Kier alpha value is -1.47. The topological polar surface area (TPSA) is 87.7 Å². The van der Waals surface area contributed by atoms with E-state index in [1.165, 1.54) is 4.90 Å². The molecule has 19 heavy (non-hydrogen) atoms. The van der Waals surface area contributed by atoms with Crippen LogP contribution in [-0.4, -0.2) is 61.5 Å². The van der Waals surface area contributed by atoms with Gasteiger partial charge in [-0.25, -0.2) is 0 Å². The van der Waals surface area contributed by atoms with E-state index in [2.05, 4.69) is 10.6 Å². The van der Waals surface area contributed by atoms with Gasteiger partial charge in [0, 0.05) is 0 Å². The number of ether oxygens (including phenoxy) is 1. The van der Waals surface area contributed by atoms with Crippen LogP contribution in [0.5, 0.6) is 0 Å². The molecule has 0 spiro atoms. The van der Waals surface area contributed by atoms with Crippen LogP contribution in [0.3, 0.4) is 0 Å². The number of piperidine rings is 1. The molecule has 0 bridgehead atoms. The van der Waals surface area contributed by atoms with E-state index in [-0.39, 0.29) is 31.5 Å². The lowest BCUT2D eigenvalue weighted by Crippen LogP contribution is -2.53. The summed E-state index contributed by atoms with van der Waals surface area (Å²) >= 11 is 0. The molecule has 2 fully saturated rings. The lowest BCUT2D eigenvalue weighted by atomic mass is 10.1. The van der Waals surface area contributed by atoms with Crippen molar-refractivity contribution in [3.63, 3.8) is 0 Å². The third kappa shape index (κ3) is 4.29. The predicted octanol–water partition coefficient (Wildman–Crippen LogP) is -1.37. The van der Waals surface area contributed by atoms with Gasteiger partial charge in [-0.1, -0.05) is 0 Å². The van der Waals surface area contributed by atoms with Gasteiger partial charge in [0.25, 0.3) is 0 Å². The molecule has 2 N–H and O–H groups in total. The summed E-state index contributed by atoms with van der Waals surface area (Å²) in [6.07, 6.45) is 2.34. The van der Waals surface area contributed by atoms with Crippen LogP contribution in [0.2, 0.25) is 0 Å². The average Bonchev–Trinajstić information content (AvgIpc) is 2.38. The Morgan fingerprint density at radius 3 is 2.47 bits per heavy atom. The lowest BCUT2D eigenvalue weighted by molar-refractivity contribution is -0.146. The molecule has 0 atom stereocenters. The van der Waals surface area contributed by atoms with Gasteiger partial charge >= 0.3 is 0 Å². The molecule has 0 saturated carbocycles. The van der Waals surface area contributed by atoms with Gasteiger partial charge in [0.2, 0.25) is 17.7 Å². The van der Waals surface area contributed by atoms with Crippen molar-refractivity contribution in [1.29, 1.82) is 0 Å². The van der Waals surface area contributed by atoms with Crippen molar-refractivity contribution in [3.8, 4) is 0 Å². The molecule has 2 rings (SSSR count). The Bertz CT molecular complexity index is 350. The Kier molecular flexibility index (Phi) is 4.86. The second-order valence-electron chi connectivity index (χ2n) is 4.79. The number of hydrogen-bond acceptors (Lipinski definition) is 5. The number of piperazine rings is 1. The van der Waals surface area contributed by atoms with Crippen molar-refractivity contribution in [2.75, 3.05) is 32.8 Å². The van der Waals surface area contributed by atoms with Crippen LogP contribution in [0.15, 0.2) is 0 Å². The van der Waals surface area contributed by atoms with Crippen molar-refractivity contribution < 1.29 is 19.1 Å². The van der Waals surface area contributed by atoms with E-state index in [4.69, 9.17) is 4.74 Å². The molecule has 0 aliphatic carbocycles. The summed E-state index contributed by atoms with van der Waals surface area (Å²) in [7, 11) is 0. The van der Waals surface area contributed by atoms with Crippen molar-refractivity contribution >= 4 is 17.7 Å². The van der Waals surface area contributed by atoms with E-state index in [1.54, 1.807) is 0 Å². The van der Waals surface area contributed by atoms with Crippen LogP contribution < -0.4 is 10.6 Å². The first-order valence-corrected chi connectivity index (χ1v) is 6.58. The first-order chi connectivity index (χ1) is 9.15. The molecular formula is C12H19N3O4. The van der Waals surface area contributed by atoms with E-state index in [0.717, 1.165) is 25.9 Å². The van der Waals surface area contributed by atoms with Crippen LogP contribution in [0, 0.1) is 0 Å². The molecule has 7 nitrogen and oxygen atoms in total. The van der Waals surface area contributed by atoms with Gasteiger partial charge in [0.05, 0.1) is 19.1 Å². The largest absolute Gasteiger partial charge is 0.378 e. The average molecular weight is 269 g/mol. The number of carbonyl (C=O) groups is 3. The van der Waals surface area contributed by atoms with E-state index < -0.39 is 11.8 Å². The number of nitrogens with one attached hydrogen (secondary N) is 2. The molecule has 0 unspecified atom stereocenters. The zero-order chi connectivity index (χ0) is 13.7. The zero-order valence-corrected chi connectivity index (χ0v) is 10.8. The fraction of sp³-hybridized carbons (Fsp3) is 0.750. The minimum Gasteiger partial charge on any atom is -0.378 e. The molecule has 3 amide bonds. The Morgan fingerprint density at radius 1 is 1.21 bits per heavy atom. The quantitative estimate of drug-likeness (QED) is 0.615. The predicted molar refractivity (Wildman–Crippen MR) is 66.2 cm³/mol. The molecule has 0 aromatic carbocycles. The second-order valence-corrected chi connectivity index (χ2v) is 4.79. The van der Waals surface area contributed by atoms with Gasteiger partial charge in [-0.2, -0.15) is 0 Å². The van der Waals surface area contributed by atoms with Crippen LogP contribution in [0.4, 0.5) is 0 Å². The first kappa shape index (κ1) is 14.0. The molecular weight excluding hydrogens is 250 g/mol. The molecule has 0 aromatic rings. The standard InChI is InChI=1S/C12H19N3O4/c16-10-7-15(8-11(17)14-10)12(18)3-6-19-9-1-4-13-5-2-9/h9,13H,1-8H2,(H,14,16,17). The van der Waals surface area contributed by atoms with E-state index >= 15 is 0 Å². The number of hydrogen-bond donors (Lipinski definition) is 2. The maximum atomic E-state index is 11.8. The third-order valence-corrected chi connectivity index (χ3v) is 3.26. The SMILES string of the molecule is O=C1CN(C(=O)CCOC2CCNCC2)CC(=O)N1. The molecule has 7 heteroatoms. The summed E-state index contributed by atoms with van der Waals surface area (Å²) in [6.45, 7) is 2.14. The van der Waals surface area contributed by atoms with Gasteiger partial charge in [-0.15, -0.1) is 0 Å². The molecule has 0 aromatic heterocycles. The van der Waals surface area contributed by atoms with E-state index in [0.29, 0.717) is 6.61 Å². The molecule has 2 aliphatic heterocycles. The number of rotatable bonds is 4. The molecule has 2 saturated heterocycles. The van der Waals surface area contributed by atoms with E-state index in [1.807, 2.05) is 0 Å². The van der Waals surface area contributed by atoms with Gasteiger partial charge in [-0.3, -0.25) is 19.7 Å². The van der Waals surface area contributed by atoms with Gasteiger partial charge in [-0.05, 0) is 25.9 Å². The van der Waals surface area contributed by atoms with Crippen molar-refractivity contribution in [2.24, 2.45) is 0 Å². The molecule has 2 heterocycles. The molecule has 106 valence electrons. The highest BCUT2D eigenvalue weighted by Crippen LogP contribution is 2.08. The Labute approximate surface area is 111 Å². The first-order valence-electron chi connectivity index (χ1n) is 6.58. The fourth-order valence-corrected chi connectivity index (χ4v) is 2.25. The van der Waals surface area contributed by atoms with Gasteiger partial charge < -0.3 is 15.0 Å². The van der Waals surface area contributed by atoms with Crippen molar-refractivity contribution in [2.45, 2.75) is 25.4 Å². The smallest absolute Gasteiger partial charge is 0.246 e. The summed E-state index contributed by atoms with van der Waals surface area (Å²) in [4.78, 5) is 35.4. The van der Waals surface area contributed by atoms with Crippen LogP contribution in [-0.2, 0) is 19.1 Å². The highest BCUT2D eigenvalue weighted by Gasteiger charge is 2.26. The van der Waals surface area contributed by atoms with E-state index in [9.17, 15) is 14.4 Å². The maximum absolute atomic E-state index is 11.8. The maximum Gasteiger partial charge on any atom is 0.246 e. The summed E-state index contributed by atoms with van der Waals surface area (Å²) in [6, 6.07) is 0. The zero-order valence-electron chi connectivity index (χ0n) is 10.8. The third-order valence-electron chi connectivity index (χ3n) is 3.26. The van der Waals surface area contributed by atoms with Crippen LogP contribution >= 0.6 is 0 Å². The molecule has 0 radical (unpaired) electrons.